The molecule has 2 amide bonds. The average Bonchev–Trinajstić information content (AvgIpc) is 2.72. The number of aromatic hydroxyl groups is 1. The zero-order chi connectivity index (χ0) is 19.9. The van der Waals surface area contributed by atoms with Crippen LogP contribution in [0, 0.1) is 6.92 Å². The standard InChI is InChI=1S/C21H24N2O5/c1-15-2-4-16(5-3-15)14-28-21(26)23-10-11-27-19(13-23)12-22-20(25)17-6-8-18(24)9-7-17/h2-9,19,24H,10-14H2,1H3,(H,22,25)/t19-/m1/s1. The van der Waals surface area contributed by atoms with Crippen molar-refractivity contribution >= 4 is 12.0 Å². The lowest BCUT2D eigenvalue weighted by atomic mass is 10.2. The normalized spacial score (nSPS) is 16.5. The van der Waals surface area contributed by atoms with Crippen LogP contribution in [0.1, 0.15) is 21.5 Å². The molecule has 1 saturated heterocycles. The third-order valence-electron chi connectivity index (χ3n) is 4.50. The van der Waals surface area contributed by atoms with Gasteiger partial charge in [0.15, 0.2) is 0 Å². The Kier molecular flexibility index (Phi) is 6.49. The van der Waals surface area contributed by atoms with Crippen LogP contribution in [0.3, 0.4) is 0 Å². The highest BCUT2D eigenvalue weighted by atomic mass is 16.6. The SMILES string of the molecule is Cc1ccc(COC(=O)N2CCO[C@H](CNC(=O)c3ccc(O)cc3)C2)cc1. The molecular weight excluding hydrogens is 360 g/mol. The number of phenolic OH excluding ortho intramolecular Hbond substituents is 1. The van der Waals surface area contributed by atoms with Crippen LogP contribution in [0.2, 0.25) is 0 Å². The van der Waals surface area contributed by atoms with E-state index in [1.807, 2.05) is 31.2 Å². The molecule has 0 radical (unpaired) electrons. The van der Waals surface area contributed by atoms with E-state index in [0.29, 0.717) is 25.3 Å². The van der Waals surface area contributed by atoms with Gasteiger partial charge in [-0.2, -0.15) is 0 Å². The van der Waals surface area contributed by atoms with Crippen molar-refractivity contribution in [2.24, 2.45) is 0 Å². The van der Waals surface area contributed by atoms with Crippen molar-refractivity contribution in [3.8, 4) is 5.75 Å². The Morgan fingerprint density at radius 2 is 1.89 bits per heavy atom. The Morgan fingerprint density at radius 3 is 2.61 bits per heavy atom. The van der Waals surface area contributed by atoms with Gasteiger partial charge < -0.3 is 24.8 Å². The van der Waals surface area contributed by atoms with Gasteiger partial charge in [0, 0.05) is 18.7 Å². The lowest BCUT2D eigenvalue weighted by Crippen LogP contribution is -2.49. The first-order chi connectivity index (χ1) is 13.5. The maximum atomic E-state index is 12.3. The number of rotatable bonds is 5. The summed E-state index contributed by atoms with van der Waals surface area (Å²) < 4.78 is 11.0. The first kappa shape index (κ1) is 19.7. The number of carbonyl (C=O) groups excluding carboxylic acids is 2. The molecule has 1 aliphatic heterocycles. The zero-order valence-corrected chi connectivity index (χ0v) is 15.8. The number of carbonyl (C=O) groups is 2. The summed E-state index contributed by atoms with van der Waals surface area (Å²) in [6.07, 6.45) is -0.694. The predicted octanol–water partition coefficient (Wildman–Crippen LogP) is 2.47. The van der Waals surface area contributed by atoms with Gasteiger partial charge in [-0.15, -0.1) is 0 Å². The first-order valence-corrected chi connectivity index (χ1v) is 9.17. The zero-order valence-electron chi connectivity index (χ0n) is 15.8. The fraction of sp³-hybridized carbons (Fsp3) is 0.333. The molecule has 1 aliphatic rings. The van der Waals surface area contributed by atoms with E-state index in [9.17, 15) is 14.7 Å². The van der Waals surface area contributed by atoms with Crippen molar-refractivity contribution in [2.75, 3.05) is 26.2 Å². The van der Waals surface area contributed by atoms with Crippen LogP contribution in [-0.4, -0.2) is 54.4 Å². The van der Waals surface area contributed by atoms with Gasteiger partial charge in [-0.25, -0.2) is 4.79 Å². The van der Waals surface area contributed by atoms with Gasteiger partial charge >= 0.3 is 6.09 Å². The van der Waals surface area contributed by atoms with Gasteiger partial charge in [0.05, 0.1) is 19.3 Å². The van der Waals surface area contributed by atoms with Crippen LogP contribution >= 0.6 is 0 Å². The average molecular weight is 384 g/mol. The summed E-state index contributed by atoms with van der Waals surface area (Å²) in [6, 6.07) is 13.8. The van der Waals surface area contributed by atoms with E-state index in [-0.39, 0.29) is 30.9 Å². The monoisotopic (exact) mass is 384 g/mol. The second kappa shape index (κ2) is 9.23. The van der Waals surface area contributed by atoms with E-state index in [0.717, 1.165) is 11.1 Å². The maximum absolute atomic E-state index is 12.3. The molecule has 1 heterocycles. The number of nitrogens with zero attached hydrogens (tertiary/aromatic N) is 1. The lowest BCUT2D eigenvalue weighted by Gasteiger charge is -2.32. The Morgan fingerprint density at radius 1 is 1.18 bits per heavy atom. The molecule has 7 heteroatoms. The molecule has 2 aromatic carbocycles. The number of nitrogens with one attached hydrogen (secondary N) is 1. The van der Waals surface area contributed by atoms with Crippen LogP contribution < -0.4 is 5.32 Å². The van der Waals surface area contributed by atoms with Crippen LogP contribution in [0.25, 0.3) is 0 Å². The molecule has 1 fully saturated rings. The molecule has 2 N–H and O–H groups in total. The third-order valence-corrected chi connectivity index (χ3v) is 4.50. The number of ether oxygens (including phenoxy) is 2. The van der Waals surface area contributed by atoms with E-state index in [1.54, 1.807) is 17.0 Å². The fourth-order valence-corrected chi connectivity index (χ4v) is 2.85. The van der Waals surface area contributed by atoms with Crippen LogP contribution in [0.4, 0.5) is 4.79 Å². The molecule has 0 unspecified atom stereocenters. The highest BCUT2D eigenvalue weighted by Gasteiger charge is 2.25. The van der Waals surface area contributed by atoms with E-state index in [4.69, 9.17) is 9.47 Å². The number of amides is 2. The molecular formula is C21H24N2O5. The lowest BCUT2D eigenvalue weighted by molar-refractivity contribution is -0.0263. The predicted molar refractivity (Wildman–Crippen MR) is 103 cm³/mol. The number of aryl methyl sites for hydroxylation is 1. The maximum Gasteiger partial charge on any atom is 0.410 e. The highest BCUT2D eigenvalue weighted by molar-refractivity contribution is 5.94. The molecule has 148 valence electrons. The minimum atomic E-state index is -0.390. The van der Waals surface area contributed by atoms with E-state index in [2.05, 4.69) is 5.32 Å². The largest absolute Gasteiger partial charge is 0.508 e. The van der Waals surface area contributed by atoms with Crippen molar-refractivity contribution in [1.82, 2.24) is 10.2 Å². The summed E-state index contributed by atoms with van der Waals surface area (Å²) in [5, 5.41) is 12.1. The van der Waals surface area contributed by atoms with E-state index in [1.165, 1.54) is 12.1 Å². The van der Waals surface area contributed by atoms with Crippen molar-refractivity contribution in [3.63, 3.8) is 0 Å². The molecule has 0 aliphatic carbocycles. The molecule has 3 rings (SSSR count). The smallest absolute Gasteiger partial charge is 0.410 e. The minimum Gasteiger partial charge on any atom is -0.508 e. The summed E-state index contributed by atoms with van der Waals surface area (Å²) >= 11 is 0. The van der Waals surface area contributed by atoms with Gasteiger partial charge in [0.25, 0.3) is 5.91 Å². The molecule has 28 heavy (non-hydrogen) atoms. The molecule has 0 bridgehead atoms. The van der Waals surface area contributed by atoms with Crippen molar-refractivity contribution in [1.29, 1.82) is 0 Å². The van der Waals surface area contributed by atoms with Crippen molar-refractivity contribution < 1.29 is 24.2 Å². The molecule has 2 aromatic rings. The molecule has 0 saturated carbocycles. The number of phenols is 1. The fourth-order valence-electron chi connectivity index (χ4n) is 2.85. The molecule has 0 aromatic heterocycles. The Bertz CT molecular complexity index is 805. The Balaban J connectivity index is 1.45. The first-order valence-electron chi connectivity index (χ1n) is 9.17. The summed E-state index contributed by atoms with van der Waals surface area (Å²) in [7, 11) is 0. The van der Waals surface area contributed by atoms with E-state index >= 15 is 0 Å². The quantitative estimate of drug-likeness (QED) is 0.827. The summed E-state index contributed by atoms with van der Waals surface area (Å²) in [6.45, 7) is 3.70. The molecule has 7 nitrogen and oxygen atoms in total. The number of hydrogen-bond donors (Lipinski definition) is 2. The van der Waals surface area contributed by atoms with E-state index < -0.39 is 6.09 Å². The molecule has 1 atom stereocenters. The summed E-state index contributed by atoms with van der Waals surface area (Å²) in [5.41, 5.74) is 2.54. The van der Waals surface area contributed by atoms with Crippen LogP contribution in [0.15, 0.2) is 48.5 Å². The van der Waals surface area contributed by atoms with Gasteiger partial charge in [-0.1, -0.05) is 29.8 Å². The van der Waals surface area contributed by atoms with Gasteiger partial charge in [0.2, 0.25) is 0 Å². The van der Waals surface area contributed by atoms with Crippen molar-refractivity contribution in [2.45, 2.75) is 19.6 Å². The molecule has 0 spiro atoms. The minimum absolute atomic E-state index is 0.104. The summed E-state index contributed by atoms with van der Waals surface area (Å²) in [4.78, 5) is 26.0. The number of morpholine rings is 1. The van der Waals surface area contributed by atoms with Crippen molar-refractivity contribution in [3.05, 3.63) is 65.2 Å². The topological polar surface area (TPSA) is 88.1 Å². The second-order valence-electron chi connectivity index (χ2n) is 6.74. The Labute approximate surface area is 163 Å². The van der Waals surface area contributed by atoms with Crippen LogP contribution in [-0.2, 0) is 16.1 Å². The van der Waals surface area contributed by atoms with Gasteiger partial charge in [0.1, 0.15) is 12.4 Å². The summed E-state index contributed by atoms with van der Waals surface area (Å²) in [5.74, 6) is -0.158. The van der Waals surface area contributed by atoms with Crippen LogP contribution in [0.5, 0.6) is 5.75 Å². The third kappa shape index (κ3) is 5.47. The number of benzene rings is 2. The second-order valence-corrected chi connectivity index (χ2v) is 6.74. The number of hydrogen-bond acceptors (Lipinski definition) is 5. The van der Waals surface area contributed by atoms with Gasteiger partial charge in [-0.05, 0) is 36.8 Å². The van der Waals surface area contributed by atoms with Gasteiger partial charge in [-0.3, -0.25) is 4.79 Å². The Hall–Kier alpha value is -3.06. The highest BCUT2D eigenvalue weighted by Crippen LogP contribution is 2.11.